The van der Waals surface area contributed by atoms with Gasteiger partial charge >= 0.3 is 0 Å². The minimum Gasteiger partial charge on any atom is -0.305 e. The number of aliphatic imine (C=N–C) groups is 1. The van der Waals surface area contributed by atoms with Crippen LogP contribution in [-0.2, 0) is 9.59 Å². The topological polar surface area (TPSA) is 66.8 Å². The highest BCUT2D eigenvalue weighted by molar-refractivity contribution is 6.47. The molecule has 1 saturated carbocycles. The van der Waals surface area contributed by atoms with E-state index in [0.29, 0.717) is 48.4 Å². The number of Topliss-reactive ketones (excluding diaryl/α,β-unsaturated/α-hetero) is 2. The Labute approximate surface area is 242 Å². The smallest absolute Gasteiger partial charge is 0.275 e. The predicted molar refractivity (Wildman–Crippen MR) is 157 cm³/mol. The lowest BCUT2D eigenvalue weighted by Gasteiger charge is -2.47. The van der Waals surface area contributed by atoms with Crippen molar-refractivity contribution in [1.82, 2.24) is 4.90 Å². The van der Waals surface area contributed by atoms with E-state index in [2.05, 4.69) is 27.7 Å². The summed E-state index contributed by atoms with van der Waals surface area (Å²) in [5.41, 5.74) is 1.89. The van der Waals surface area contributed by atoms with E-state index in [1.54, 1.807) is 6.07 Å². The monoisotopic (exact) mass is 566 g/mol. The Morgan fingerprint density at radius 1 is 1.10 bits per heavy atom. The SMILES string of the molecule is CCC(c1ccc(C(=O)CCCC(C)=O)cc1)N1C(=O)C(c2ccc(F)c(Cl)c2)=NC12CCC(C(C)(C)C)CC2. The first kappa shape index (κ1) is 30.1. The molecule has 0 saturated heterocycles. The van der Waals surface area contributed by atoms with E-state index in [4.69, 9.17) is 16.6 Å². The number of carbonyl (C=O) groups excluding carboxylic acids is 3. The Kier molecular flexibility index (Phi) is 8.99. The van der Waals surface area contributed by atoms with Crippen LogP contribution in [0.1, 0.15) is 114 Å². The zero-order chi connectivity index (χ0) is 29.2. The number of hydrogen-bond acceptors (Lipinski definition) is 4. The standard InChI is InChI=1S/C33H40ClFN2O3/c1-6-28(22-10-12-23(13-11-22)29(39)9-7-8-21(2)38)37-31(40)30(24-14-15-27(35)26(34)20-24)36-33(37)18-16-25(17-19-33)32(3,4)5/h10-15,20,25,28H,6-9,16-19H2,1-5H3. The number of rotatable bonds is 9. The number of carbonyl (C=O) groups is 3. The maximum absolute atomic E-state index is 14.2. The molecule has 2 aromatic rings. The molecule has 1 aliphatic heterocycles. The molecule has 214 valence electrons. The van der Waals surface area contributed by atoms with E-state index in [1.165, 1.54) is 19.1 Å². The van der Waals surface area contributed by atoms with Gasteiger partial charge in [-0.25, -0.2) is 4.39 Å². The molecular weight excluding hydrogens is 527 g/mol. The highest BCUT2D eigenvalue weighted by Crippen LogP contribution is 2.49. The van der Waals surface area contributed by atoms with Gasteiger partial charge in [0.1, 0.15) is 23.0 Å². The van der Waals surface area contributed by atoms with Crippen molar-refractivity contribution in [2.75, 3.05) is 0 Å². The van der Waals surface area contributed by atoms with Crippen molar-refractivity contribution >= 4 is 34.8 Å². The van der Waals surface area contributed by atoms with E-state index >= 15 is 0 Å². The van der Waals surface area contributed by atoms with Gasteiger partial charge in [-0.15, -0.1) is 0 Å². The van der Waals surface area contributed by atoms with Crippen molar-refractivity contribution in [3.63, 3.8) is 0 Å². The minimum atomic E-state index is -0.684. The molecule has 0 aromatic heterocycles. The first-order valence-electron chi connectivity index (χ1n) is 14.4. The Bertz CT molecular complexity index is 1300. The first-order valence-corrected chi connectivity index (χ1v) is 14.8. The molecular formula is C33H40ClFN2O3. The van der Waals surface area contributed by atoms with Gasteiger partial charge in [-0.1, -0.05) is 63.6 Å². The van der Waals surface area contributed by atoms with Crippen LogP contribution in [0.15, 0.2) is 47.5 Å². The van der Waals surface area contributed by atoms with Crippen molar-refractivity contribution in [3.05, 3.63) is 70.0 Å². The van der Waals surface area contributed by atoms with Gasteiger partial charge in [0.2, 0.25) is 0 Å². The summed E-state index contributed by atoms with van der Waals surface area (Å²) in [5, 5.41) is -0.0347. The summed E-state index contributed by atoms with van der Waals surface area (Å²) in [4.78, 5) is 45.1. The Balaban J connectivity index is 1.66. The average molecular weight is 567 g/mol. The lowest BCUT2D eigenvalue weighted by atomic mass is 9.69. The highest BCUT2D eigenvalue weighted by Gasteiger charge is 2.52. The van der Waals surface area contributed by atoms with Gasteiger partial charge < -0.3 is 9.69 Å². The van der Waals surface area contributed by atoms with Crippen LogP contribution in [0.25, 0.3) is 0 Å². The molecule has 1 heterocycles. The summed E-state index contributed by atoms with van der Waals surface area (Å²) < 4.78 is 14.0. The summed E-state index contributed by atoms with van der Waals surface area (Å²) >= 11 is 6.10. The van der Waals surface area contributed by atoms with Crippen molar-refractivity contribution in [3.8, 4) is 0 Å². The van der Waals surface area contributed by atoms with Crippen LogP contribution >= 0.6 is 11.6 Å². The number of hydrogen-bond donors (Lipinski definition) is 0. The van der Waals surface area contributed by atoms with Crippen LogP contribution < -0.4 is 0 Å². The third-order valence-electron chi connectivity index (χ3n) is 8.64. The van der Waals surface area contributed by atoms with E-state index in [9.17, 15) is 18.8 Å². The molecule has 1 aliphatic carbocycles. The number of amides is 1. The third-order valence-corrected chi connectivity index (χ3v) is 8.93. The lowest BCUT2D eigenvalue weighted by molar-refractivity contribution is -0.133. The second kappa shape index (κ2) is 11.9. The summed E-state index contributed by atoms with van der Waals surface area (Å²) in [7, 11) is 0. The molecule has 0 bridgehead atoms. The van der Waals surface area contributed by atoms with Crippen LogP contribution in [0.2, 0.25) is 5.02 Å². The van der Waals surface area contributed by atoms with Gasteiger partial charge in [0, 0.05) is 24.0 Å². The fourth-order valence-electron chi connectivity index (χ4n) is 6.28. The van der Waals surface area contributed by atoms with Crippen LogP contribution in [0, 0.1) is 17.2 Å². The second-order valence-corrected chi connectivity index (χ2v) is 12.8. The number of benzene rings is 2. The van der Waals surface area contributed by atoms with Gasteiger partial charge in [0.05, 0.1) is 11.1 Å². The third kappa shape index (κ3) is 6.22. The van der Waals surface area contributed by atoms with Crippen LogP contribution in [0.5, 0.6) is 0 Å². The largest absolute Gasteiger partial charge is 0.305 e. The zero-order valence-corrected chi connectivity index (χ0v) is 25.0. The van der Waals surface area contributed by atoms with E-state index in [-0.39, 0.29) is 34.0 Å². The van der Waals surface area contributed by atoms with Gasteiger partial charge in [-0.2, -0.15) is 0 Å². The maximum Gasteiger partial charge on any atom is 0.275 e. The molecule has 2 aromatic carbocycles. The highest BCUT2D eigenvalue weighted by atomic mass is 35.5. The van der Waals surface area contributed by atoms with Crippen LogP contribution in [0.4, 0.5) is 4.39 Å². The number of ketones is 2. The fraction of sp³-hybridized carbons (Fsp3) is 0.515. The first-order chi connectivity index (χ1) is 18.9. The molecule has 0 N–H and O–H groups in total. The summed E-state index contributed by atoms with van der Waals surface area (Å²) in [6, 6.07) is 11.6. The summed E-state index contributed by atoms with van der Waals surface area (Å²) in [6.07, 6.45) is 5.37. The number of halogens is 2. The second-order valence-electron chi connectivity index (χ2n) is 12.4. The van der Waals surface area contributed by atoms with Crippen LogP contribution in [0.3, 0.4) is 0 Å². The fourth-order valence-corrected chi connectivity index (χ4v) is 6.46. The molecule has 4 rings (SSSR count). The van der Waals surface area contributed by atoms with Crippen molar-refractivity contribution in [2.24, 2.45) is 16.3 Å². The van der Waals surface area contributed by atoms with Crippen molar-refractivity contribution in [2.45, 2.75) is 97.7 Å². The normalized spacial score (nSPS) is 22.0. The molecule has 1 spiro atoms. The lowest BCUT2D eigenvalue weighted by Crippen LogP contribution is -2.51. The van der Waals surface area contributed by atoms with E-state index in [0.717, 1.165) is 31.2 Å². The molecule has 1 fully saturated rings. The van der Waals surface area contributed by atoms with Gasteiger partial charge in [-0.05, 0) is 80.5 Å². The number of nitrogens with zero attached hydrogens (tertiary/aromatic N) is 2. The predicted octanol–water partition coefficient (Wildman–Crippen LogP) is 8.14. The Hall–Kier alpha value is -2.86. The molecule has 2 aliphatic rings. The zero-order valence-electron chi connectivity index (χ0n) is 24.2. The van der Waals surface area contributed by atoms with Crippen molar-refractivity contribution < 1.29 is 18.8 Å². The Morgan fingerprint density at radius 2 is 1.75 bits per heavy atom. The van der Waals surface area contributed by atoms with E-state index < -0.39 is 11.5 Å². The minimum absolute atomic E-state index is 0.00822. The molecule has 0 radical (unpaired) electrons. The van der Waals surface area contributed by atoms with Gasteiger partial charge in [0.15, 0.2) is 5.78 Å². The molecule has 40 heavy (non-hydrogen) atoms. The summed E-state index contributed by atoms with van der Waals surface area (Å²) in [6.45, 7) is 10.4. The van der Waals surface area contributed by atoms with Crippen molar-refractivity contribution in [1.29, 1.82) is 0 Å². The van der Waals surface area contributed by atoms with Crippen LogP contribution in [-0.4, -0.2) is 33.7 Å². The molecule has 7 heteroatoms. The maximum atomic E-state index is 14.2. The molecule has 1 amide bonds. The van der Waals surface area contributed by atoms with Gasteiger partial charge in [-0.3, -0.25) is 14.6 Å². The molecule has 5 nitrogen and oxygen atoms in total. The quantitative estimate of drug-likeness (QED) is 0.288. The van der Waals surface area contributed by atoms with E-state index in [1.807, 2.05) is 29.2 Å². The molecule has 1 unspecified atom stereocenters. The average Bonchev–Trinajstić information content (AvgIpc) is 3.17. The molecule has 1 atom stereocenters. The summed E-state index contributed by atoms with van der Waals surface area (Å²) in [5.74, 6) is -0.0831. The van der Waals surface area contributed by atoms with Gasteiger partial charge in [0.25, 0.3) is 5.91 Å². The Morgan fingerprint density at radius 3 is 2.30 bits per heavy atom.